The Hall–Kier alpha value is -1.19. The zero-order chi connectivity index (χ0) is 13.6. The van der Waals surface area contributed by atoms with E-state index >= 15 is 0 Å². The van der Waals surface area contributed by atoms with Crippen molar-refractivity contribution in [1.29, 1.82) is 0 Å². The molecule has 0 spiro atoms. The highest BCUT2D eigenvalue weighted by molar-refractivity contribution is 7.86. The van der Waals surface area contributed by atoms with Crippen molar-refractivity contribution in [2.45, 2.75) is 18.9 Å². The fourth-order valence-electron chi connectivity index (χ4n) is 2.65. The van der Waals surface area contributed by atoms with Crippen LogP contribution in [0.2, 0.25) is 0 Å². The number of rotatable bonds is 3. The first kappa shape index (κ1) is 12.8. The van der Waals surface area contributed by atoms with Gasteiger partial charge in [0.2, 0.25) is 5.91 Å². The second-order valence-corrected chi connectivity index (χ2v) is 6.94. The van der Waals surface area contributed by atoms with Crippen LogP contribution >= 0.6 is 0 Å². The molecule has 0 aromatic rings. The highest BCUT2D eigenvalue weighted by Crippen LogP contribution is 2.25. The minimum atomic E-state index is -3.40. The molecule has 0 aromatic carbocycles. The molecule has 0 saturated carbocycles. The summed E-state index contributed by atoms with van der Waals surface area (Å²) in [7, 11) is -3.40. The van der Waals surface area contributed by atoms with Crippen molar-refractivity contribution >= 4 is 22.1 Å². The zero-order valence-electron chi connectivity index (χ0n) is 10.4. The smallest absolute Gasteiger partial charge is 0.324 e. The number of amides is 3. The lowest BCUT2D eigenvalue weighted by molar-refractivity contribution is -0.128. The van der Waals surface area contributed by atoms with Crippen molar-refractivity contribution in [3.8, 4) is 0 Å². The molecule has 0 unspecified atom stereocenters. The lowest BCUT2D eigenvalue weighted by atomic mass is 10.1. The molecule has 3 amide bonds. The molecule has 19 heavy (non-hydrogen) atoms. The lowest BCUT2D eigenvalue weighted by Crippen LogP contribution is -2.64. The Bertz CT molecular complexity index is 492. The van der Waals surface area contributed by atoms with E-state index in [4.69, 9.17) is 0 Å². The van der Waals surface area contributed by atoms with Gasteiger partial charge in [-0.2, -0.15) is 17.0 Å². The standard InChI is InChI=1S/C10H16N4O4S/c15-9-5-11-10(16)14(9)8-6-13(7-8)19(17,18)12-3-1-2-4-12/h8H,1-7H2,(H,11,16). The minimum absolute atomic E-state index is 0.00814. The molecule has 0 radical (unpaired) electrons. The van der Waals surface area contributed by atoms with Crippen molar-refractivity contribution in [3.63, 3.8) is 0 Å². The van der Waals surface area contributed by atoms with Crippen LogP contribution in [0.4, 0.5) is 4.79 Å². The number of hydrogen-bond acceptors (Lipinski definition) is 4. The van der Waals surface area contributed by atoms with Crippen molar-refractivity contribution < 1.29 is 18.0 Å². The third kappa shape index (κ3) is 2.01. The van der Waals surface area contributed by atoms with Crippen LogP contribution in [0.1, 0.15) is 12.8 Å². The van der Waals surface area contributed by atoms with Crippen LogP contribution in [0.5, 0.6) is 0 Å². The van der Waals surface area contributed by atoms with Gasteiger partial charge in [-0.05, 0) is 12.8 Å². The summed E-state index contributed by atoms with van der Waals surface area (Å²) in [5.41, 5.74) is 0. The molecule has 8 nitrogen and oxygen atoms in total. The summed E-state index contributed by atoms with van der Waals surface area (Å²) in [6.07, 6.45) is 1.78. The number of nitrogens with one attached hydrogen (secondary N) is 1. The zero-order valence-corrected chi connectivity index (χ0v) is 11.2. The van der Waals surface area contributed by atoms with E-state index in [1.807, 2.05) is 0 Å². The van der Waals surface area contributed by atoms with Crippen molar-refractivity contribution in [2.24, 2.45) is 0 Å². The molecular weight excluding hydrogens is 272 g/mol. The van der Waals surface area contributed by atoms with Crippen molar-refractivity contribution in [3.05, 3.63) is 0 Å². The van der Waals surface area contributed by atoms with E-state index in [2.05, 4.69) is 5.32 Å². The van der Waals surface area contributed by atoms with Crippen molar-refractivity contribution in [1.82, 2.24) is 18.8 Å². The van der Waals surface area contributed by atoms with E-state index < -0.39 is 16.2 Å². The normalized spacial score (nSPS) is 26.8. The third-order valence-electron chi connectivity index (χ3n) is 3.79. The van der Waals surface area contributed by atoms with Gasteiger partial charge in [0.25, 0.3) is 10.2 Å². The molecular formula is C10H16N4O4S. The lowest BCUT2D eigenvalue weighted by Gasteiger charge is -2.42. The summed E-state index contributed by atoms with van der Waals surface area (Å²) in [5, 5.41) is 2.44. The predicted octanol–water partition coefficient (Wildman–Crippen LogP) is -1.44. The maximum atomic E-state index is 12.2. The molecule has 3 heterocycles. The number of nitrogens with zero attached hydrogens (tertiary/aromatic N) is 3. The minimum Gasteiger partial charge on any atom is -0.329 e. The highest BCUT2D eigenvalue weighted by Gasteiger charge is 2.47. The second-order valence-electron chi connectivity index (χ2n) is 5.01. The summed E-state index contributed by atoms with van der Waals surface area (Å²) in [6.45, 7) is 1.55. The van der Waals surface area contributed by atoms with E-state index in [0.29, 0.717) is 13.1 Å². The first-order valence-electron chi connectivity index (χ1n) is 6.35. The van der Waals surface area contributed by atoms with Crippen LogP contribution < -0.4 is 5.32 Å². The number of carbonyl (C=O) groups excluding carboxylic acids is 2. The van der Waals surface area contributed by atoms with Gasteiger partial charge in [-0.15, -0.1) is 0 Å². The Kier molecular flexibility index (Phi) is 2.99. The molecule has 3 fully saturated rings. The third-order valence-corrected chi connectivity index (χ3v) is 5.76. The first-order chi connectivity index (χ1) is 9.00. The van der Waals surface area contributed by atoms with Gasteiger partial charge in [0.1, 0.15) is 0 Å². The summed E-state index contributed by atoms with van der Waals surface area (Å²) in [5.74, 6) is -0.284. The Morgan fingerprint density at radius 3 is 2.21 bits per heavy atom. The maximum Gasteiger partial charge on any atom is 0.324 e. The average molecular weight is 288 g/mol. The molecule has 1 N–H and O–H groups in total. The molecule has 3 saturated heterocycles. The van der Waals surface area contributed by atoms with Crippen LogP contribution in [0.25, 0.3) is 0 Å². The molecule has 3 rings (SSSR count). The van der Waals surface area contributed by atoms with Gasteiger partial charge in [-0.1, -0.05) is 0 Å². The summed E-state index contributed by atoms with van der Waals surface area (Å²) >= 11 is 0. The number of urea groups is 1. The van der Waals surface area contributed by atoms with Gasteiger partial charge >= 0.3 is 6.03 Å². The van der Waals surface area contributed by atoms with Gasteiger partial charge in [0.15, 0.2) is 0 Å². The van der Waals surface area contributed by atoms with E-state index in [-0.39, 0.29) is 31.6 Å². The quantitative estimate of drug-likeness (QED) is 0.644. The monoisotopic (exact) mass is 288 g/mol. The Morgan fingerprint density at radius 1 is 1.05 bits per heavy atom. The van der Waals surface area contributed by atoms with Crippen LogP contribution in [-0.2, 0) is 15.0 Å². The Balaban J connectivity index is 1.63. The second kappa shape index (κ2) is 4.43. The van der Waals surface area contributed by atoms with Crippen LogP contribution in [-0.4, -0.2) is 72.6 Å². The van der Waals surface area contributed by atoms with E-state index in [0.717, 1.165) is 17.7 Å². The summed E-state index contributed by atoms with van der Waals surface area (Å²) in [6, 6.07) is -0.749. The molecule has 0 bridgehead atoms. The van der Waals surface area contributed by atoms with E-state index in [1.54, 1.807) is 0 Å². The van der Waals surface area contributed by atoms with Crippen molar-refractivity contribution in [2.75, 3.05) is 32.7 Å². The number of imide groups is 1. The Morgan fingerprint density at radius 2 is 1.68 bits per heavy atom. The SMILES string of the molecule is O=C1CNC(=O)N1C1CN(S(=O)(=O)N2CCCC2)C1. The molecule has 0 aromatic heterocycles. The molecule has 9 heteroatoms. The molecule has 0 aliphatic carbocycles. The topological polar surface area (TPSA) is 90.0 Å². The van der Waals surface area contributed by atoms with Gasteiger partial charge in [-0.3, -0.25) is 9.69 Å². The van der Waals surface area contributed by atoms with E-state index in [9.17, 15) is 18.0 Å². The van der Waals surface area contributed by atoms with Crippen LogP contribution in [0.15, 0.2) is 0 Å². The van der Waals surface area contributed by atoms with Crippen LogP contribution in [0, 0.1) is 0 Å². The molecule has 3 aliphatic heterocycles. The van der Waals surface area contributed by atoms with Gasteiger partial charge in [0.05, 0.1) is 12.6 Å². The average Bonchev–Trinajstić information content (AvgIpc) is 2.91. The summed E-state index contributed by atoms with van der Waals surface area (Å²) < 4.78 is 27.2. The maximum absolute atomic E-state index is 12.2. The summed E-state index contributed by atoms with van der Waals surface area (Å²) in [4.78, 5) is 24.1. The Labute approximate surface area is 111 Å². The van der Waals surface area contributed by atoms with Crippen LogP contribution in [0.3, 0.4) is 0 Å². The number of hydrogen-bond donors (Lipinski definition) is 1. The van der Waals surface area contributed by atoms with E-state index in [1.165, 1.54) is 8.61 Å². The van der Waals surface area contributed by atoms with Gasteiger partial charge in [-0.25, -0.2) is 4.79 Å². The van der Waals surface area contributed by atoms with Gasteiger partial charge in [0, 0.05) is 26.2 Å². The fourth-order valence-corrected chi connectivity index (χ4v) is 4.42. The molecule has 3 aliphatic rings. The molecule has 0 atom stereocenters. The largest absolute Gasteiger partial charge is 0.329 e. The first-order valence-corrected chi connectivity index (χ1v) is 7.75. The van der Waals surface area contributed by atoms with Gasteiger partial charge < -0.3 is 5.32 Å². The molecule has 106 valence electrons. The fraction of sp³-hybridized carbons (Fsp3) is 0.800. The number of carbonyl (C=O) groups is 2. The predicted molar refractivity (Wildman–Crippen MR) is 65.3 cm³/mol. The highest BCUT2D eigenvalue weighted by atomic mass is 32.2.